The molecule has 1 aliphatic carbocycles. The van der Waals surface area contributed by atoms with Gasteiger partial charge in [-0.25, -0.2) is 33.0 Å². The van der Waals surface area contributed by atoms with Crippen molar-refractivity contribution in [2.45, 2.75) is 140 Å². The van der Waals surface area contributed by atoms with E-state index < -0.39 is 67.5 Å². The Morgan fingerprint density at radius 3 is 2.09 bits per heavy atom. The van der Waals surface area contributed by atoms with Gasteiger partial charge >= 0.3 is 12.1 Å². The summed E-state index contributed by atoms with van der Waals surface area (Å²) in [5.74, 6) is -1.83. The summed E-state index contributed by atoms with van der Waals surface area (Å²) in [5, 5.41) is 11.7. The Morgan fingerprint density at radius 1 is 0.848 bits per heavy atom. The topological polar surface area (TPSA) is 140 Å². The van der Waals surface area contributed by atoms with Crippen LogP contribution in [0.1, 0.15) is 106 Å². The van der Waals surface area contributed by atoms with Crippen LogP contribution >= 0.6 is 11.8 Å². The fourth-order valence-electron chi connectivity index (χ4n) is 8.65. The van der Waals surface area contributed by atoms with Crippen LogP contribution in [0.25, 0.3) is 11.2 Å². The number of benzene rings is 3. The number of nitrogens with zero attached hydrogens (tertiary/aromatic N) is 6. The second kappa shape index (κ2) is 19.8. The Kier molecular flexibility index (Phi) is 14.7. The lowest BCUT2D eigenvalue weighted by molar-refractivity contribution is -0.161. The Balaban J connectivity index is 1.30. The number of hydrogen-bond donors (Lipinski definition) is 0. The third-order valence-electron chi connectivity index (χ3n) is 11.4. The maximum atomic E-state index is 14.5. The first-order chi connectivity index (χ1) is 31.2. The molecule has 5 aromatic rings. The number of thioether (sulfide) groups is 1. The highest BCUT2D eigenvalue weighted by Gasteiger charge is 2.52. The number of esters is 1. The molecule has 354 valence electrons. The van der Waals surface area contributed by atoms with E-state index in [9.17, 15) is 18.4 Å². The summed E-state index contributed by atoms with van der Waals surface area (Å²) in [7, 11) is -3.05. The van der Waals surface area contributed by atoms with Gasteiger partial charge in [0.2, 0.25) is 0 Å². The molecule has 2 aromatic heterocycles. The number of aromatic nitrogens is 5. The molecular weight excluding hydrogens is 883 g/mol. The summed E-state index contributed by atoms with van der Waals surface area (Å²) in [4.78, 5) is 38.5. The number of carbonyl (C=O) groups excluding carboxylic acids is 2. The van der Waals surface area contributed by atoms with Gasteiger partial charge in [0.25, 0.3) is 8.32 Å². The maximum absolute atomic E-state index is 14.5. The second-order valence-corrected chi connectivity index (χ2v) is 25.4. The van der Waals surface area contributed by atoms with Crippen molar-refractivity contribution in [2.24, 2.45) is 0 Å². The first kappa shape index (κ1) is 49.1. The van der Waals surface area contributed by atoms with Crippen molar-refractivity contribution < 1.29 is 41.7 Å². The quantitative estimate of drug-likeness (QED) is 0.0404. The summed E-state index contributed by atoms with van der Waals surface area (Å²) in [6, 6.07) is 23.5. The average molecular weight is 945 g/mol. The predicted molar refractivity (Wildman–Crippen MR) is 253 cm³/mol. The molecule has 2 aliphatic rings. The monoisotopic (exact) mass is 944 g/mol. The van der Waals surface area contributed by atoms with E-state index >= 15 is 0 Å². The zero-order valence-electron chi connectivity index (χ0n) is 39.5. The summed E-state index contributed by atoms with van der Waals surface area (Å²) in [5.41, 5.74) is -0.356. The zero-order chi connectivity index (χ0) is 47.6. The summed E-state index contributed by atoms with van der Waals surface area (Å²) < 4.78 is 62.0. The van der Waals surface area contributed by atoms with Crippen molar-refractivity contribution in [3.63, 3.8) is 0 Å². The van der Waals surface area contributed by atoms with Crippen molar-refractivity contribution >= 4 is 59.5 Å². The highest BCUT2D eigenvalue weighted by Crippen LogP contribution is 2.48. The van der Waals surface area contributed by atoms with E-state index in [2.05, 4.69) is 57.1 Å². The average Bonchev–Trinajstić information content (AvgIpc) is 3.72. The van der Waals surface area contributed by atoms with E-state index in [4.69, 9.17) is 38.6 Å². The van der Waals surface area contributed by atoms with Gasteiger partial charge in [0.15, 0.2) is 33.8 Å². The molecule has 13 nitrogen and oxygen atoms in total. The lowest BCUT2D eigenvalue weighted by Crippen LogP contribution is -2.67. The predicted octanol–water partition coefficient (Wildman–Crippen LogP) is 8.93. The Morgan fingerprint density at radius 2 is 1.50 bits per heavy atom. The second-order valence-electron chi connectivity index (χ2n) is 20.0. The molecule has 3 aromatic carbocycles. The molecule has 2 fully saturated rings. The minimum atomic E-state index is -3.05. The summed E-state index contributed by atoms with van der Waals surface area (Å²) in [6.45, 7) is 19.4. The molecule has 0 radical (unpaired) electrons. The number of carbonyl (C=O) groups is 2. The van der Waals surface area contributed by atoms with Gasteiger partial charge < -0.3 is 23.4 Å². The number of anilines is 1. The fraction of sp³-hybridized carbons (Fsp3) is 0.510. The molecule has 1 amide bonds. The van der Waals surface area contributed by atoms with Crippen LogP contribution in [-0.4, -0.2) is 100 Å². The lowest BCUT2D eigenvalue weighted by atomic mass is 10.1. The first-order valence-corrected chi connectivity index (χ1v) is 25.5. The Hall–Kier alpha value is -4.81. The van der Waals surface area contributed by atoms with Gasteiger partial charge in [-0.15, -0.1) is 5.10 Å². The number of amides is 1. The minimum absolute atomic E-state index is 0.0927. The molecule has 0 unspecified atom stereocenters. The highest BCUT2D eigenvalue weighted by molar-refractivity contribution is 7.99. The maximum Gasteiger partial charge on any atom is 0.416 e. The van der Waals surface area contributed by atoms with E-state index in [0.29, 0.717) is 35.0 Å². The van der Waals surface area contributed by atoms with Crippen molar-refractivity contribution in [3.05, 3.63) is 96.1 Å². The number of halogens is 2. The smallest absolute Gasteiger partial charge is 0.416 e. The lowest BCUT2D eigenvalue weighted by Gasteiger charge is -2.43. The van der Waals surface area contributed by atoms with Gasteiger partial charge in [-0.1, -0.05) is 111 Å². The van der Waals surface area contributed by atoms with Crippen LogP contribution in [0.4, 0.5) is 19.4 Å². The van der Waals surface area contributed by atoms with Gasteiger partial charge in [0.05, 0.1) is 25.4 Å². The van der Waals surface area contributed by atoms with Gasteiger partial charge in [0, 0.05) is 24.1 Å². The number of rotatable bonds is 16. The molecular formula is C49H62F2N6O7SSi. The van der Waals surface area contributed by atoms with E-state index in [1.54, 1.807) is 46.2 Å². The normalized spacial score (nSPS) is 20.1. The third kappa shape index (κ3) is 11.1. The Bertz CT molecular complexity index is 2440. The zero-order valence-corrected chi connectivity index (χ0v) is 41.4. The van der Waals surface area contributed by atoms with Crippen LogP contribution < -0.4 is 15.3 Å². The molecule has 0 N–H and O–H groups in total. The van der Waals surface area contributed by atoms with Crippen molar-refractivity contribution in [1.82, 2.24) is 25.0 Å². The molecule has 66 heavy (non-hydrogen) atoms. The van der Waals surface area contributed by atoms with Crippen LogP contribution in [0.2, 0.25) is 5.04 Å². The summed E-state index contributed by atoms with van der Waals surface area (Å²) >= 11 is 1.43. The Labute approximate surface area is 391 Å². The number of hydrogen-bond acceptors (Lipinski definition) is 12. The molecule has 17 heteroatoms. The van der Waals surface area contributed by atoms with Gasteiger partial charge in [-0.3, -0.25) is 4.90 Å². The molecule has 1 aliphatic heterocycles. The van der Waals surface area contributed by atoms with Crippen molar-refractivity contribution in [3.8, 4) is 0 Å². The van der Waals surface area contributed by atoms with Crippen LogP contribution in [0.5, 0.6) is 0 Å². The fourth-order valence-corrected chi connectivity index (χ4v) is 13.9. The molecule has 3 heterocycles. The van der Waals surface area contributed by atoms with E-state index in [1.165, 1.54) is 28.8 Å². The molecule has 0 bridgehead atoms. The standard InChI is InChI=1S/C49H62F2N6O7SSi/c1-11-24-65-45-52-43(56(46(59)64-48(5,6)7)38-27-35(38)31-22-23-36(50)37(51)25-31)42-44(53-45)57(55-54-42)39-26-32(28-60-30-41(58)63-47(2,3)4)62-40(39)29-61-66(49(8,9)10,33-18-14-12-15-19-33)34-20-16-13-17-21-34/h12-23,25,32,35,38-40H,11,24,26-30H2,1-10H3/t32-,35+,38-,39-,40+/m1/s1. The first-order valence-electron chi connectivity index (χ1n) is 22.6. The van der Waals surface area contributed by atoms with Crippen molar-refractivity contribution in [1.29, 1.82) is 0 Å². The molecule has 1 saturated heterocycles. The largest absolute Gasteiger partial charge is 0.458 e. The van der Waals surface area contributed by atoms with E-state index in [-0.39, 0.29) is 42.1 Å². The molecule has 7 rings (SSSR count). The van der Waals surface area contributed by atoms with E-state index in [1.807, 2.05) is 36.4 Å². The number of fused-ring (bicyclic) bond motifs is 1. The van der Waals surface area contributed by atoms with E-state index in [0.717, 1.165) is 22.9 Å². The summed E-state index contributed by atoms with van der Waals surface area (Å²) in [6.07, 6.45) is -0.0688. The van der Waals surface area contributed by atoms with Gasteiger partial charge in [-0.05, 0) is 87.5 Å². The highest BCUT2D eigenvalue weighted by atomic mass is 32.2. The van der Waals surface area contributed by atoms with Crippen LogP contribution in [0, 0.1) is 11.6 Å². The molecule has 5 atom stereocenters. The van der Waals surface area contributed by atoms with Crippen LogP contribution in [0.3, 0.4) is 0 Å². The van der Waals surface area contributed by atoms with Crippen LogP contribution in [0.15, 0.2) is 84.0 Å². The SMILES string of the molecule is CCCSc1nc(N(C(=O)OC(C)(C)C)[C@@H]2C[C@H]2c2ccc(F)c(F)c2)c2nnn([C@@H]3C[C@H](COCC(=O)OC(C)(C)C)O[C@H]3CO[Si](c3ccccc3)(c3ccccc3)C(C)(C)C)c2n1. The molecule has 1 saturated carbocycles. The minimum Gasteiger partial charge on any atom is -0.458 e. The van der Waals surface area contributed by atoms with Gasteiger partial charge in [0.1, 0.15) is 23.9 Å². The van der Waals surface area contributed by atoms with Crippen molar-refractivity contribution in [2.75, 3.05) is 30.5 Å². The third-order valence-corrected chi connectivity index (χ3v) is 17.5. The van der Waals surface area contributed by atoms with Crippen LogP contribution in [-0.2, 0) is 28.2 Å². The molecule has 0 spiro atoms. The van der Waals surface area contributed by atoms with Gasteiger partial charge in [-0.2, -0.15) is 0 Å². The number of ether oxygens (including phenoxy) is 4.